The molecular formula is C9H14O5. The fraction of sp³-hybridized carbons (Fsp3) is 0.667. The summed E-state index contributed by atoms with van der Waals surface area (Å²) in [6.45, 7) is 2.94. The first-order valence-electron chi connectivity index (χ1n) is 4.40. The van der Waals surface area contributed by atoms with E-state index in [2.05, 4.69) is 0 Å². The summed E-state index contributed by atoms with van der Waals surface area (Å²) in [5.74, 6) is -0.648. The van der Waals surface area contributed by atoms with Gasteiger partial charge in [0.2, 0.25) is 0 Å². The van der Waals surface area contributed by atoms with E-state index in [1.807, 2.05) is 0 Å². The van der Waals surface area contributed by atoms with Crippen LogP contribution in [0, 0.1) is 0 Å². The number of hydrogen-bond donors (Lipinski definition) is 3. The van der Waals surface area contributed by atoms with Crippen molar-refractivity contribution >= 4 is 5.97 Å². The number of rotatable bonds is 2. The summed E-state index contributed by atoms with van der Waals surface area (Å²) in [7, 11) is 0. The molecule has 1 rings (SSSR count). The molecule has 3 N–H and O–H groups in total. The summed E-state index contributed by atoms with van der Waals surface area (Å²) < 4.78 is 4.72. The summed E-state index contributed by atoms with van der Waals surface area (Å²) in [5, 5.41) is 27.7. The maximum absolute atomic E-state index is 11.1. The van der Waals surface area contributed by atoms with Gasteiger partial charge in [-0.1, -0.05) is 0 Å². The van der Waals surface area contributed by atoms with Crippen LogP contribution in [0.25, 0.3) is 0 Å². The molecule has 0 aromatic heterocycles. The van der Waals surface area contributed by atoms with Crippen LogP contribution in [-0.4, -0.2) is 45.7 Å². The predicted molar refractivity (Wildman–Crippen MR) is 47.3 cm³/mol. The Hall–Kier alpha value is -0.910. The van der Waals surface area contributed by atoms with E-state index in [4.69, 9.17) is 9.84 Å². The Morgan fingerprint density at radius 2 is 2.07 bits per heavy atom. The molecule has 5 nitrogen and oxygen atoms in total. The number of ether oxygens (including phenoxy) is 1. The van der Waals surface area contributed by atoms with Crippen LogP contribution in [0.3, 0.4) is 0 Å². The number of aliphatic hydroxyl groups excluding tert-OH is 3. The second-order valence-electron chi connectivity index (χ2n) is 3.41. The first-order chi connectivity index (χ1) is 6.43. The van der Waals surface area contributed by atoms with Gasteiger partial charge in [-0.2, -0.15) is 0 Å². The van der Waals surface area contributed by atoms with E-state index in [-0.39, 0.29) is 5.57 Å². The van der Waals surface area contributed by atoms with Crippen molar-refractivity contribution in [3.8, 4) is 0 Å². The number of carbonyl (C=O) groups is 1. The first-order valence-corrected chi connectivity index (χ1v) is 4.40. The minimum absolute atomic E-state index is 0.00546. The number of carbonyl (C=O) groups excluding carboxylic acids is 1. The highest BCUT2D eigenvalue weighted by molar-refractivity contribution is 5.92. The van der Waals surface area contributed by atoms with Crippen molar-refractivity contribution in [3.63, 3.8) is 0 Å². The second kappa shape index (κ2) is 4.08. The summed E-state index contributed by atoms with van der Waals surface area (Å²) in [4.78, 5) is 11.1. The minimum Gasteiger partial charge on any atom is -0.456 e. The Kier molecular flexibility index (Phi) is 3.25. The van der Waals surface area contributed by atoms with Gasteiger partial charge in [0.1, 0.15) is 12.2 Å². The van der Waals surface area contributed by atoms with E-state index in [0.717, 1.165) is 6.08 Å². The van der Waals surface area contributed by atoms with Gasteiger partial charge in [-0.15, -0.1) is 0 Å². The highest BCUT2D eigenvalue weighted by Crippen LogP contribution is 2.21. The molecule has 4 atom stereocenters. The van der Waals surface area contributed by atoms with Gasteiger partial charge in [-0.3, -0.25) is 0 Å². The minimum atomic E-state index is -1.17. The molecule has 1 aliphatic heterocycles. The molecule has 0 saturated carbocycles. The zero-order valence-electron chi connectivity index (χ0n) is 8.04. The third kappa shape index (κ3) is 2.12. The maximum Gasteiger partial charge on any atom is 0.336 e. The van der Waals surface area contributed by atoms with Crippen molar-refractivity contribution in [1.29, 1.82) is 0 Å². The van der Waals surface area contributed by atoms with Gasteiger partial charge in [0.15, 0.2) is 0 Å². The lowest BCUT2D eigenvalue weighted by atomic mass is 10.1. The molecule has 1 heterocycles. The number of esters is 1. The molecule has 1 saturated heterocycles. The standard InChI is InChI=1S/C9H14O5/c1-4(10)7(11)3-6-8(12)5(2)14-9(6)13/h3-5,7-8,10-12H,1-2H3/b6-3-/t4-,5+,7+,8+/m0/s1. The molecular weight excluding hydrogens is 188 g/mol. The third-order valence-electron chi connectivity index (χ3n) is 2.14. The molecule has 0 amide bonds. The SMILES string of the molecule is C[C@H](O)[C@H](O)/C=C1\C(=O)O[C@H](C)[C@H]1O. The Balaban J connectivity index is 2.81. The number of cyclic esters (lactones) is 1. The van der Waals surface area contributed by atoms with Gasteiger partial charge >= 0.3 is 5.97 Å². The van der Waals surface area contributed by atoms with Crippen LogP contribution in [0.15, 0.2) is 11.6 Å². The van der Waals surface area contributed by atoms with E-state index in [0.29, 0.717) is 0 Å². The smallest absolute Gasteiger partial charge is 0.336 e. The first kappa shape index (κ1) is 11.2. The molecule has 1 aliphatic rings. The van der Waals surface area contributed by atoms with Crippen molar-refractivity contribution in [2.45, 2.75) is 38.3 Å². The molecule has 0 bridgehead atoms. The van der Waals surface area contributed by atoms with Gasteiger partial charge in [-0.25, -0.2) is 4.79 Å². The third-order valence-corrected chi connectivity index (χ3v) is 2.14. The zero-order valence-corrected chi connectivity index (χ0v) is 8.04. The maximum atomic E-state index is 11.1. The van der Waals surface area contributed by atoms with Crippen molar-refractivity contribution in [2.24, 2.45) is 0 Å². The average Bonchev–Trinajstić information content (AvgIpc) is 2.32. The van der Waals surface area contributed by atoms with E-state index in [1.54, 1.807) is 6.92 Å². The molecule has 0 aromatic rings. The van der Waals surface area contributed by atoms with Crippen LogP contribution < -0.4 is 0 Å². The molecule has 0 radical (unpaired) electrons. The Morgan fingerprint density at radius 3 is 2.43 bits per heavy atom. The molecule has 0 aliphatic carbocycles. The summed E-state index contributed by atoms with van der Waals surface area (Å²) in [6, 6.07) is 0. The van der Waals surface area contributed by atoms with Crippen molar-refractivity contribution in [1.82, 2.24) is 0 Å². The van der Waals surface area contributed by atoms with Crippen molar-refractivity contribution in [2.75, 3.05) is 0 Å². The Bertz CT molecular complexity index is 258. The molecule has 0 unspecified atom stereocenters. The second-order valence-corrected chi connectivity index (χ2v) is 3.41. The molecule has 80 valence electrons. The van der Waals surface area contributed by atoms with Gasteiger partial charge in [0, 0.05) is 0 Å². The van der Waals surface area contributed by atoms with E-state index in [1.165, 1.54) is 6.92 Å². The van der Waals surface area contributed by atoms with Crippen molar-refractivity contribution < 1.29 is 24.9 Å². The van der Waals surface area contributed by atoms with E-state index >= 15 is 0 Å². The quantitative estimate of drug-likeness (QED) is 0.393. The predicted octanol–water partition coefficient (Wildman–Crippen LogP) is -1.04. The van der Waals surface area contributed by atoms with E-state index < -0.39 is 30.4 Å². The van der Waals surface area contributed by atoms with Crippen molar-refractivity contribution in [3.05, 3.63) is 11.6 Å². The van der Waals surface area contributed by atoms with Crippen LogP contribution in [0.1, 0.15) is 13.8 Å². The van der Waals surface area contributed by atoms with Crippen LogP contribution in [0.2, 0.25) is 0 Å². The fourth-order valence-corrected chi connectivity index (χ4v) is 1.16. The van der Waals surface area contributed by atoms with Crippen LogP contribution in [0.4, 0.5) is 0 Å². The normalized spacial score (nSPS) is 34.4. The molecule has 0 spiro atoms. The number of hydrogen-bond acceptors (Lipinski definition) is 5. The lowest BCUT2D eigenvalue weighted by molar-refractivity contribution is -0.138. The average molecular weight is 202 g/mol. The zero-order chi connectivity index (χ0) is 10.9. The highest BCUT2D eigenvalue weighted by Gasteiger charge is 2.36. The van der Waals surface area contributed by atoms with Gasteiger partial charge in [0.05, 0.1) is 17.8 Å². The Morgan fingerprint density at radius 1 is 1.50 bits per heavy atom. The monoisotopic (exact) mass is 202 g/mol. The summed E-state index contributed by atoms with van der Waals surface area (Å²) in [5.41, 5.74) is 0.00546. The summed E-state index contributed by atoms with van der Waals surface area (Å²) in [6.07, 6.45) is -2.66. The van der Waals surface area contributed by atoms with Gasteiger partial charge in [-0.05, 0) is 19.9 Å². The lowest BCUT2D eigenvalue weighted by Gasteiger charge is -2.10. The summed E-state index contributed by atoms with van der Waals surface area (Å²) >= 11 is 0. The highest BCUT2D eigenvalue weighted by atomic mass is 16.6. The lowest BCUT2D eigenvalue weighted by Crippen LogP contribution is -2.24. The molecule has 1 fully saturated rings. The van der Waals surface area contributed by atoms with E-state index in [9.17, 15) is 15.0 Å². The molecule has 5 heteroatoms. The van der Waals surface area contributed by atoms with Crippen LogP contribution in [0.5, 0.6) is 0 Å². The fourth-order valence-electron chi connectivity index (χ4n) is 1.16. The van der Waals surface area contributed by atoms with Gasteiger partial charge < -0.3 is 20.1 Å². The number of aliphatic hydroxyl groups is 3. The molecule has 14 heavy (non-hydrogen) atoms. The molecule has 0 aromatic carbocycles. The van der Waals surface area contributed by atoms with Crippen LogP contribution in [-0.2, 0) is 9.53 Å². The topological polar surface area (TPSA) is 87.0 Å². The Labute approximate surface area is 81.6 Å². The van der Waals surface area contributed by atoms with Gasteiger partial charge in [0.25, 0.3) is 0 Å². The van der Waals surface area contributed by atoms with Crippen LogP contribution >= 0.6 is 0 Å². The largest absolute Gasteiger partial charge is 0.456 e.